The number of nitrogen functional groups attached to an aromatic ring is 1. The summed E-state index contributed by atoms with van der Waals surface area (Å²) in [4.78, 5) is 12.9. The summed E-state index contributed by atoms with van der Waals surface area (Å²) in [5, 5.41) is 3.37. The van der Waals surface area contributed by atoms with Gasteiger partial charge < -0.3 is 25.1 Å². The number of anilines is 1. The molecule has 39 heavy (non-hydrogen) atoms. The molecule has 0 saturated carbocycles. The van der Waals surface area contributed by atoms with Crippen LogP contribution in [0.15, 0.2) is 66.1 Å². The lowest BCUT2D eigenvalue weighted by Gasteiger charge is -2.32. The highest BCUT2D eigenvalue weighted by molar-refractivity contribution is 6.56. The normalized spacial score (nSPS) is 17.6. The summed E-state index contributed by atoms with van der Waals surface area (Å²) >= 11 is 6.35. The number of alkyl carbamates (subject to hydrolysis) is 1. The SMILES string of the molecule is Cc1cc(C=C(CNC(=O)OCC2c3ccccc3-c3ccccc32)B2OC(C)(C)C(C)(C)O2)cc(Cl)c1N. The van der Waals surface area contributed by atoms with Gasteiger partial charge in [0.1, 0.15) is 6.61 Å². The van der Waals surface area contributed by atoms with Gasteiger partial charge in [0, 0.05) is 12.5 Å². The summed E-state index contributed by atoms with van der Waals surface area (Å²) in [5.74, 6) is -0.0128. The number of hydrogen-bond donors (Lipinski definition) is 2. The molecule has 3 aromatic rings. The summed E-state index contributed by atoms with van der Waals surface area (Å²) in [6, 6.07) is 20.3. The van der Waals surface area contributed by atoms with Crippen LogP contribution in [-0.4, -0.2) is 37.6 Å². The number of aryl methyl sites for hydroxylation is 1. The lowest BCUT2D eigenvalue weighted by Crippen LogP contribution is -2.41. The monoisotopic (exact) mass is 544 g/mol. The minimum absolute atomic E-state index is 0.0128. The Bertz CT molecular complexity index is 1370. The minimum Gasteiger partial charge on any atom is -0.449 e. The predicted octanol–water partition coefficient (Wildman–Crippen LogP) is 6.78. The minimum atomic E-state index is -0.652. The summed E-state index contributed by atoms with van der Waals surface area (Å²) in [5.41, 5.74) is 12.7. The second kappa shape index (κ2) is 10.4. The number of nitrogens with one attached hydrogen (secondary N) is 1. The summed E-state index contributed by atoms with van der Waals surface area (Å²) in [6.07, 6.45) is 1.41. The lowest BCUT2D eigenvalue weighted by molar-refractivity contribution is 0.00578. The van der Waals surface area contributed by atoms with Crippen molar-refractivity contribution in [2.24, 2.45) is 0 Å². The molecule has 1 fully saturated rings. The van der Waals surface area contributed by atoms with Crippen LogP contribution in [-0.2, 0) is 14.0 Å². The van der Waals surface area contributed by atoms with Crippen molar-refractivity contribution in [2.45, 2.75) is 51.7 Å². The Morgan fingerprint density at radius 3 is 2.15 bits per heavy atom. The van der Waals surface area contributed by atoms with Crippen molar-refractivity contribution in [1.82, 2.24) is 5.32 Å². The van der Waals surface area contributed by atoms with E-state index in [9.17, 15) is 4.79 Å². The zero-order valence-electron chi connectivity index (χ0n) is 23.0. The first-order chi connectivity index (χ1) is 18.5. The van der Waals surface area contributed by atoms with Gasteiger partial charge in [0.15, 0.2) is 0 Å². The fourth-order valence-electron chi connectivity index (χ4n) is 5.10. The Balaban J connectivity index is 1.32. The largest absolute Gasteiger partial charge is 0.492 e. The van der Waals surface area contributed by atoms with Gasteiger partial charge in [-0.3, -0.25) is 0 Å². The number of benzene rings is 3. The van der Waals surface area contributed by atoms with E-state index in [2.05, 4.69) is 29.6 Å². The van der Waals surface area contributed by atoms with E-state index >= 15 is 0 Å². The van der Waals surface area contributed by atoms with Crippen molar-refractivity contribution in [1.29, 1.82) is 0 Å². The molecular weight excluding hydrogens is 511 g/mol. The number of ether oxygens (including phenoxy) is 1. The Labute approximate surface area is 235 Å². The van der Waals surface area contributed by atoms with E-state index in [0.29, 0.717) is 10.7 Å². The van der Waals surface area contributed by atoms with E-state index in [1.807, 2.05) is 71.0 Å². The predicted molar refractivity (Wildman–Crippen MR) is 158 cm³/mol. The van der Waals surface area contributed by atoms with E-state index in [4.69, 9.17) is 31.4 Å². The fourth-order valence-corrected chi connectivity index (χ4v) is 5.37. The first-order valence-corrected chi connectivity index (χ1v) is 13.6. The van der Waals surface area contributed by atoms with Gasteiger partial charge in [0.05, 0.1) is 21.9 Å². The van der Waals surface area contributed by atoms with Gasteiger partial charge in [-0.1, -0.05) is 66.2 Å². The van der Waals surface area contributed by atoms with Crippen LogP contribution in [0.5, 0.6) is 0 Å². The van der Waals surface area contributed by atoms with Crippen LogP contribution in [0.3, 0.4) is 0 Å². The third-order valence-electron chi connectivity index (χ3n) is 8.05. The first kappa shape index (κ1) is 27.3. The third kappa shape index (κ3) is 5.31. The number of hydrogen-bond acceptors (Lipinski definition) is 5. The average molecular weight is 545 g/mol. The number of rotatable bonds is 6. The molecular formula is C31H34BClN2O4. The van der Waals surface area contributed by atoms with E-state index in [1.165, 1.54) is 22.3 Å². The molecule has 3 N–H and O–H groups in total. The van der Waals surface area contributed by atoms with Crippen LogP contribution in [0.2, 0.25) is 5.02 Å². The highest BCUT2D eigenvalue weighted by Gasteiger charge is 2.52. The maximum absolute atomic E-state index is 12.9. The second-order valence-corrected chi connectivity index (χ2v) is 11.6. The van der Waals surface area contributed by atoms with Gasteiger partial charge >= 0.3 is 13.2 Å². The van der Waals surface area contributed by atoms with Gasteiger partial charge in [-0.15, -0.1) is 0 Å². The molecule has 6 nitrogen and oxygen atoms in total. The molecule has 0 bridgehead atoms. The number of fused-ring (bicyclic) bond motifs is 3. The molecule has 2 aliphatic rings. The number of carbonyl (C=O) groups excluding carboxylic acids is 1. The molecule has 0 aromatic heterocycles. The van der Waals surface area contributed by atoms with Gasteiger partial charge in [-0.2, -0.15) is 0 Å². The molecule has 5 rings (SSSR count). The molecule has 3 aromatic carbocycles. The Kier molecular flexibility index (Phi) is 7.27. The van der Waals surface area contributed by atoms with Crippen LogP contribution < -0.4 is 11.1 Å². The van der Waals surface area contributed by atoms with Crippen molar-refractivity contribution in [3.05, 3.63) is 93.4 Å². The van der Waals surface area contributed by atoms with Gasteiger partial charge in [0.2, 0.25) is 0 Å². The van der Waals surface area contributed by atoms with E-state index in [0.717, 1.165) is 16.6 Å². The number of halogens is 1. The Morgan fingerprint density at radius 2 is 1.59 bits per heavy atom. The van der Waals surface area contributed by atoms with Gasteiger partial charge in [-0.25, -0.2) is 4.79 Å². The quantitative estimate of drug-likeness (QED) is 0.264. The molecule has 0 radical (unpaired) electrons. The number of carbonyl (C=O) groups is 1. The molecule has 0 atom stereocenters. The topological polar surface area (TPSA) is 82.8 Å². The van der Waals surface area contributed by atoms with Gasteiger partial charge in [0.25, 0.3) is 0 Å². The molecule has 202 valence electrons. The molecule has 1 aliphatic carbocycles. The lowest BCUT2D eigenvalue weighted by atomic mass is 9.77. The van der Waals surface area contributed by atoms with Crippen LogP contribution in [0.4, 0.5) is 10.5 Å². The van der Waals surface area contributed by atoms with Crippen LogP contribution in [0.1, 0.15) is 55.9 Å². The van der Waals surface area contributed by atoms with Crippen molar-refractivity contribution in [3.8, 4) is 11.1 Å². The first-order valence-electron chi connectivity index (χ1n) is 13.2. The van der Waals surface area contributed by atoms with Crippen LogP contribution >= 0.6 is 11.6 Å². The number of nitrogens with two attached hydrogens (primary N) is 1. The molecule has 1 heterocycles. The van der Waals surface area contributed by atoms with Crippen LogP contribution in [0.25, 0.3) is 17.2 Å². The number of amides is 1. The molecule has 0 spiro atoms. The van der Waals surface area contributed by atoms with Crippen molar-refractivity contribution >= 4 is 36.6 Å². The zero-order valence-corrected chi connectivity index (χ0v) is 23.8. The fraction of sp³-hybridized carbons (Fsp3) is 0.323. The molecule has 1 aliphatic heterocycles. The van der Waals surface area contributed by atoms with Crippen molar-refractivity contribution in [2.75, 3.05) is 18.9 Å². The summed E-state index contributed by atoms with van der Waals surface area (Å²) in [6.45, 7) is 10.3. The molecule has 8 heteroatoms. The molecule has 1 saturated heterocycles. The highest BCUT2D eigenvalue weighted by Crippen LogP contribution is 2.44. The maximum atomic E-state index is 12.9. The highest BCUT2D eigenvalue weighted by atomic mass is 35.5. The van der Waals surface area contributed by atoms with E-state index in [1.54, 1.807) is 6.07 Å². The van der Waals surface area contributed by atoms with Crippen molar-refractivity contribution in [3.63, 3.8) is 0 Å². The second-order valence-electron chi connectivity index (χ2n) is 11.2. The van der Waals surface area contributed by atoms with E-state index < -0.39 is 24.4 Å². The Hall–Kier alpha value is -3.26. The van der Waals surface area contributed by atoms with Gasteiger partial charge in [-0.05, 0) is 85.6 Å². The van der Waals surface area contributed by atoms with E-state index in [-0.39, 0.29) is 19.1 Å². The standard InChI is InChI=1S/C31H34BClN2O4/c1-19-14-20(16-27(33)28(19)34)15-21(32-38-30(2,3)31(4,5)39-32)17-35-29(36)37-18-26-24-12-8-6-10-22(24)23-11-7-9-13-25(23)26/h6-16,26H,17-18,34H2,1-5H3,(H,35,36). The summed E-state index contributed by atoms with van der Waals surface area (Å²) < 4.78 is 18.3. The third-order valence-corrected chi connectivity index (χ3v) is 8.36. The Morgan fingerprint density at radius 1 is 1.03 bits per heavy atom. The maximum Gasteiger partial charge on any atom is 0.492 e. The molecule has 0 unspecified atom stereocenters. The molecule has 1 amide bonds. The van der Waals surface area contributed by atoms with Crippen LogP contribution in [0, 0.1) is 6.92 Å². The average Bonchev–Trinajstić information content (AvgIpc) is 3.32. The zero-order chi connectivity index (χ0) is 27.9. The van der Waals surface area contributed by atoms with Crippen molar-refractivity contribution < 1.29 is 18.8 Å². The summed E-state index contributed by atoms with van der Waals surface area (Å²) in [7, 11) is -0.652. The smallest absolute Gasteiger partial charge is 0.449 e.